The van der Waals surface area contributed by atoms with Gasteiger partial charge in [0.25, 0.3) is 5.69 Å². The Balaban J connectivity index is 2.55. The molecule has 0 saturated carbocycles. The molecule has 0 bridgehead atoms. The highest BCUT2D eigenvalue weighted by Crippen LogP contribution is 2.28. The Morgan fingerprint density at radius 3 is 2.53 bits per heavy atom. The van der Waals surface area contributed by atoms with Crippen LogP contribution in [0.4, 0.5) is 10.5 Å². The third-order valence-electron chi connectivity index (χ3n) is 2.48. The summed E-state index contributed by atoms with van der Waals surface area (Å²) in [4.78, 5) is 22.5. The van der Waals surface area contributed by atoms with Crippen LogP contribution in [0.3, 0.4) is 0 Å². The Morgan fingerprint density at radius 1 is 1.32 bits per heavy atom. The summed E-state index contributed by atoms with van der Waals surface area (Å²) in [5.74, 6) is 0. The molecule has 0 fully saturated rings. The molecule has 0 aliphatic heterocycles. The van der Waals surface area contributed by atoms with Crippen LogP contribution < -0.4 is 0 Å². The number of carbonyl (C=O) groups excluding carboxylic acids is 1. The molecule has 6 heteroatoms. The fourth-order valence-electron chi connectivity index (χ4n) is 1.77. The molecule has 0 aliphatic carbocycles. The molecule has 19 heavy (non-hydrogen) atoms. The molecule has 0 unspecified atom stereocenters. The molecule has 6 nitrogen and oxygen atoms in total. The number of para-hydroxylation sites is 1. The number of benzene rings is 1. The number of fused-ring (bicyclic) bond motifs is 1. The number of carbonyl (C=O) groups is 1. The lowest BCUT2D eigenvalue weighted by Gasteiger charge is -2.19. The standard InChI is InChI=1S/C13H14N2O4/c1-13(2,3)19-12(16)14-8-11(15(17)18)9-6-4-5-7-10(9)14/h4-8H,1-3H3. The van der Waals surface area contributed by atoms with Crippen LogP contribution in [0, 0.1) is 10.1 Å². The molecule has 0 atom stereocenters. The second kappa shape index (κ2) is 4.38. The maximum atomic E-state index is 12.0. The third kappa shape index (κ3) is 2.57. The average molecular weight is 262 g/mol. The van der Waals surface area contributed by atoms with Crippen molar-refractivity contribution in [3.63, 3.8) is 0 Å². The first-order chi connectivity index (χ1) is 8.79. The number of hydrogen-bond acceptors (Lipinski definition) is 4. The summed E-state index contributed by atoms with van der Waals surface area (Å²) < 4.78 is 6.39. The summed E-state index contributed by atoms with van der Waals surface area (Å²) >= 11 is 0. The summed E-state index contributed by atoms with van der Waals surface area (Å²) in [6.45, 7) is 5.22. The zero-order valence-corrected chi connectivity index (χ0v) is 10.9. The molecule has 0 spiro atoms. The summed E-state index contributed by atoms with van der Waals surface area (Å²) in [5, 5.41) is 11.4. The average Bonchev–Trinajstić information content (AvgIpc) is 2.66. The molecule has 1 heterocycles. The molecule has 0 aliphatic rings. The summed E-state index contributed by atoms with van der Waals surface area (Å²) in [5.41, 5.74) is -0.304. The van der Waals surface area contributed by atoms with Crippen molar-refractivity contribution < 1.29 is 14.5 Å². The number of rotatable bonds is 1. The molecule has 2 rings (SSSR count). The maximum Gasteiger partial charge on any atom is 0.419 e. The van der Waals surface area contributed by atoms with Crippen LogP contribution in [-0.4, -0.2) is 21.2 Å². The van der Waals surface area contributed by atoms with Crippen molar-refractivity contribution >= 4 is 22.7 Å². The van der Waals surface area contributed by atoms with Gasteiger partial charge in [-0.15, -0.1) is 0 Å². The van der Waals surface area contributed by atoms with Crippen LogP contribution in [0.25, 0.3) is 10.9 Å². The van der Waals surface area contributed by atoms with E-state index in [1.54, 1.807) is 45.0 Å². The summed E-state index contributed by atoms with van der Waals surface area (Å²) in [6, 6.07) is 6.66. The number of aromatic nitrogens is 1. The highest BCUT2D eigenvalue weighted by Gasteiger charge is 2.24. The van der Waals surface area contributed by atoms with Gasteiger partial charge in [-0.3, -0.25) is 10.1 Å². The molecule has 0 saturated heterocycles. The zero-order chi connectivity index (χ0) is 14.2. The van der Waals surface area contributed by atoms with Crippen LogP contribution in [0.15, 0.2) is 30.5 Å². The highest BCUT2D eigenvalue weighted by atomic mass is 16.6. The third-order valence-corrected chi connectivity index (χ3v) is 2.48. The van der Waals surface area contributed by atoms with E-state index >= 15 is 0 Å². The molecule has 1 aromatic carbocycles. The van der Waals surface area contributed by atoms with E-state index in [1.807, 2.05) is 0 Å². The number of nitrogens with zero attached hydrogens (tertiary/aromatic N) is 2. The first kappa shape index (κ1) is 13.1. The monoisotopic (exact) mass is 262 g/mol. The lowest BCUT2D eigenvalue weighted by Crippen LogP contribution is -2.26. The van der Waals surface area contributed by atoms with Gasteiger partial charge in [0.05, 0.1) is 22.0 Å². The second-order valence-electron chi connectivity index (χ2n) is 5.14. The Morgan fingerprint density at radius 2 is 1.95 bits per heavy atom. The van der Waals surface area contributed by atoms with Crippen LogP contribution in [-0.2, 0) is 4.74 Å². The van der Waals surface area contributed by atoms with E-state index in [-0.39, 0.29) is 5.69 Å². The van der Waals surface area contributed by atoms with Gasteiger partial charge >= 0.3 is 6.09 Å². The minimum Gasteiger partial charge on any atom is -0.443 e. The van der Waals surface area contributed by atoms with Gasteiger partial charge in [0.2, 0.25) is 0 Å². The van der Waals surface area contributed by atoms with Gasteiger partial charge in [0, 0.05) is 0 Å². The lowest BCUT2D eigenvalue weighted by molar-refractivity contribution is -0.383. The van der Waals surface area contributed by atoms with Crippen LogP contribution in [0.2, 0.25) is 0 Å². The predicted octanol–water partition coefficient (Wildman–Crippen LogP) is 3.33. The molecular weight excluding hydrogens is 248 g/mol. The molecule has 0 radical (unpaired) electrons. The predicted molar refractivity (Wildman–Crippen MR) is 70.2 cm³/mol. The van der Waals surface area contributed by atoms with Crippen molar-refractivity contribution in [2.75, 3.05) is 0 Å². The van der Waals surface area contributed by atoms with E-state index < -0.39 is 16.6 Å². The van der Waals surface area contributed by atoms with E-state index in [2.05, 4.69) is 0 Å². The smallest absolute Gasteiger partial charge is 0.419 e. The molecule has 100 valence electrons. The van der Waals surface area contributed by atoms with Gasteiger partial charge < -0.3 is 4.74 Å². The molecule has 0 amide bonds. The molecule has 0 N–H and O–H groups in total. The summed E-state index contributed by atoms with van der Waals surface area (Å²) in [7, 11) is 0. The minimum atomic E-state index is -0.656. The summed E-state index contributed by atoms with van der Waals surface area (Å²) in [6.07, 6.45) is 0.565. The van der Waals surface area contributed by atoms with Gasteiger partial charge in [0.1, 0.15) is 5.60 Å². The van der Waals surface area contributed by atoms with Crippen LogP contribution in [0.1, 0.15) is 20.8 Å². The fourth-order valence-corrected chi connectivity index (χ4v) is 1.77. The Kier molecular flexibility index (Phi) is 3.01. The Hall–Kier alpha value is -2.37. The Labute approximate surface area is 109 Å². The van der Waals surface area contributed by atoms with E-state index in [0.29, 0.717) is 10.9 Å². The number of nitro groups is 1. The minimum absolute atomic E-state index is 0.110. The zero-order valence-electron chi connectivity index (χ0n) is 10.9. The lowest BCUT2D eigenvalue weighted by atomic mass is 10.2. The van der Waals surface area contributed by atoms with Gasteiger partial charge in [-0.25, -0.2) is 9.36 Å². The van der Waals surface area contributed by atoms with Gasteiger partial charge in [-0.05, 0) is 32.9 Å². The van der Waals surface area contributed by atoms with Crippen molar-refractivity contribution in [2.24, 2.45) is 0 Å². The van der Waals surface area contributed by atoms with Crippen molar-refractivity contribution in [1.29, 1.82) is 0 Å². The highest BCUT2D eigenvalue weighted by molar-refractivity contribution is 5.95. The van der Waals surface area contributed by atoms with Gasteiger partial charge in [0.15, 0.2) is 0 Å². The largest absolute Gasteiger partial charge is 0.443 e. The first-order valence-electron chi connectivity index (χ1n) is 5.77. The SMILES string of the molecule is CC(C)(C)OC(=O)n1cc([N+](=O)[O-])c2ccccc21. The van der Waals surface area contributed by atoms with E-state index in [0.717, 1.165) is 0 Å². The van der Waals surface area contributed by atoms with Crippen molar-refractivity contribution in [1.82, 2.24) is 4.57 Å². The van der Waals surface area contributed by atoms with Crippen molar-refractivity contribution in [2.45, 2.75) is 26.4 Å². The molecule has 2 aromatic rings. The van der Waals surface area contributed by atoms with Gasteiger partial charge in [-0.2, -0.15) is 0 Å². The van der Waals surface area contributed by atoms with Crippen molar-refractivity contribution in [3.05, 3.63) is 40.6 Å². The van der Waals surface area contributed by atoms with E-state index in [4.69, 9.17) is 4.74 Å². The topological polar surface area (TPSA) is 74.4 Å². The quantitative estimate of drug-likeness (QED) is 0.583. The van der Waals surface area contributed by atoms with Crippen LogP contribution in [0.5, 0.6) is 0 Å². The number of hydrogen-bond donors (Lipinski definition) is 0. The van der Waals surface area contributed by atoms with E-state index in [9.17, 15) is 14.9 Å². The van der Waals surface area contributed by atoms with E-state index in [1.165, 1.54) is 10.8 Å². The fraction of sp³-hybridized carbons (Fsp3) is 0.308. The van der Waals surface area contributed by atoms with Crippen molar-refractivity contribution in [3.8, 4) is 0 Å². The maximum absolute atomic E-state index is 12.0. The molecule has 1 aromatic heterocycles. The van der Waals surface area contributed by atoms with Crippen LogP contribution >= 0.6 is 0 Å². The van der Waals surface area contributed by atoms with Gasteiger partial charge in [-0.1, -0.05) is 12.1 Å². The number of ether oxygens (including phenoxy) is 1. The Bertz CT molecular complexity index is 652. The molecular formula is C13H14N2O4. The normalized spacial score (nSPS) is 11.5. The first-order valence-corrected chi connectivity index (χ1v) is 5.77. The second-order valence-corrected chi connectivity index (χ2v) is 5.14.